The molecule has 0 heterocycles. The highest BCUT2D eigenvalue weighted by Gasteiger charge is 2.16. The van der Waals surface area contributed by atoms with Crippen molar-refractivity contribution in [3.05, 3.63) is 0 Å². The highest BCUT2D eigenvalue weighted by molar-refractivity contribution is 5.78. The molecule has 0 amide bonds. The van der Waals surface area contributed by atoms with Crippen molar-refractivity contribution in [3.8, 4) is 0 Å². The molecule has 1 atom stereocenters. The van der Waals surface area contributed by atoms with Crippen molar-refractivity contribution in [3.63, 3.8) is 0 Å². The van der Waals surface area contributed by atoms with Gasteiger partial charge in [-0.15, -0.1) is 0 Å². The Hall–Kier alpha value is -0.770. The fourth-order valence-electron chi connectivity index (χ4n) is 1.43. The van der Waals surface area contributed by atoms with Gasteiger partial charge in [-0.3, -0.25) is 0 Å². The molecule has 4 heteroatoms. The van der Waals surface area contributed by atoms with Gasteiger partial charge in [-0.25, -0.2) is 4.99 Å². The topological polar surface area (TPSA) is 61.8 Å². The van der Waals surface area contributed by atoms with Crippen LogP contribution in [0, 0.1) is 5.92 Å². The smallest absolute Gasteiger partial charge is 0.194 e. The van der Waals surface area contributed by atoms with Crippen molar-refractivity contribution in [2.45, 2.75) is 52.8 Å². The fraction of sp³-hybridized carbons (Fsp3) is 0.909. The number of aliphatic hydroxyl groups is 1. The van der Waals surface area contributed by atoms with Crippen molar-refractivity contribution in [2.75, 3.05) is 7.05 Å². The van der Waals surface area contributed by atoms with E-state index in [9.17, 15) is 5.11 Å². The molecule has 0 bridgehead atoms. The summed E-state index contributed by atoms with van der Waals surface area (Å²) in [7, 11) is 1.90. The van der Waals surface area contributed by atoms with Gasteiger partial charge in [0.1, 0.15) is 0 Å². The molecular weight excluding hydrogens is 190 g/mol. The Labute approximate surface area is 93.2 Å². The number of aliphatic imine (C=N–C) groups is 1. The molecule has 0 saturated carbocycles. The maximum atomic E-state index is 9.51. The molecule has 0 aliphatic carbocycles. The van der Waals surface area contributed by atoms with E-state index in [1.54, 1.807) is 13.8 Å². The summed E-state index contributed by atoms with van der Waals surface area (Å²) in [6, 6.07) is 0.330. The molecular formula is C11H25N3O. The number of nitrogens with zero attached hydrogens (tertiary/aromatic N) is 2. The van der Waals surface area contributed by atoms with Gasteiger partial charge < -0.3 is 15.7 Å². The van der Waals surface area contributed by atoms with Crippen LogP contribution in [-0.4, -0.2) is 34.8 Å². The summed E-state index contributed by atoms with van der Waals surface area (Å²) in [5, 5.41) is 9.51. The third kappa shape index (κ3) is 6.33. The normalized spacial score (nSPS) is 15.6. The number of guanidine groups is 1. The minimum Gasteiger partial charge on any atom is -0.370 e. The second-order valence-electron chi connectivity index (χ2n) is 5.05. The third-order valence-corrected chi connectivity index (χ3v) is 2.22. The van der Waals surface area contributed by atoms with E-state index in [-0.39, 0.29) is 0 Å². The molecule has 4 nitrogen and oxygen atoms in total. The number of nitrogens with two attached hydrogens (primary N) is 1. The van der Waals surface area contributed by atoms with E-state index in [0.29, 0.717) is 17.9 Å². The molecule has 0 aliphatic heterocycles. The van der Waals surface area contributed by atoms with Crippen LogP contribution in [0.2, 0.25) is 0 Å². The molecule has 0 aromatic heterocycles. The zero-order chi connectivity index (χ0) is 12.2. The van der Waals surface area contributed by atoms with Crippen molar-refractivity contribution in [2.24, 2.45) is 16.6 Å². The van der Waals surface area contributed by atoms with Gasteiger partial charge in [-0.05, 0) is 33.1 Å². The molecule has 1 unspecified atom stereocenters. The highest BCUT2D eigenvalue weighted by atomic mass is 16.3. The van der Waals surface area contributed by atoms with E-state index >= 15 is 0 Å². The number of hydrogen-bond acceptors (Lipinski definition) is 2. The van der Waals surface area contributed by atoms with Gasteiger partial charge in [0.2, 0.25) is 0 Å². The summed E-state index contributed by atoms with van der Waals surface area (Å²) < 4.78 is 0. The van der Waals surface area contributed by atoms with Crippen LogP contribution in [-0.2, 0) is 0 Å². The lowest BCUT2D eigenvalue weighted by atomic mass is 10.0. The zero-order valence-corrected chi connectivity index (χ0v) is 10.8. The monoisotopic (exact) mass is 215 g/mol. The second kappa shape index (κ2) is 5.35. The minimum atomic E-state index is -1.10. The van der Waals surface area contributed by atoms with Crippen LogP contribution in [0.25, 0.3) is 0 Å². The van der Waals surface area contributed by atoms with Gasteiger partial charge in [0, 0.05) is 13.1 Å². The van der Waals surface area contributed by atoms with Gasteiger partial charge >= 0.3 is 0 Å². The van der Waals surface area contributed by atoms with E-state index in [1.165, 1.54) is 0 Å². The van der Waals surface area contributed by atoms with Crippen molar-refractivity contribution in [1.82, 2.24) is 4.90 Å². The fourth-order valence-corrected chi connectivity index (χ4v) is 1.43. The SMILES string of the molecule is CC(C)CC(C)N(C)C(N)=NC(C)(C)O. The summed E-state index contributed by atoms with van der Waals surface area (Å²) in [6.07, 6.45) is 1.05. The van der Waals surface area contributed by atoms with Crippen molar-refractivity contribution in [1.29, 1.82) is 0 Å². The average Bonchev–Trinajstić information content (AvgIpc) is 1.98. The molecule has 3 N–H and O–H groups in total. The molecule has 0 fully saturated rings. The number of hydrogen-bond donors (Lipinski definition) is 2. The molecule has 0 aliphatic rings. The summed E-state index contributed by atoms with van der Waals surface area (Å²) in [4.78, 5) is 5.91. The van der Waals surface area contributed by atoms with Crippen molar-refractivity contribution < 1.29 is 5.11 Å². The average molecular weight is 215 g/mol. The van der Waals surface area contributed by atoms with Gasteiger partial charge in [-0.2, -0.15) is 0 Å². The first-order valence-electron chi connectivity index (χ1n) is 5.44. The summed E-state index contributed by atoms with van der Waals surface area (Å²) >= 11 is 0. The molecule has 90 valence electrons. The molecule has 0 aromatic rings. The molecule has 0 radical (unpaired) electrons. The Bertz CT molecular complexity index is 218. The summed E-state index contributed by atoms with van der Waals surface area (Å²) in [5.74, 6) is 1.01. The lowest BCUT2D eigenvalue weighted by Gasteiger charge is -2.28. The first-order valence-corrected chi connectivity index (χ1v) is 5.44. The van der Waals surface area contributed by atoms with Crippen LogP contribution in [0.4, 0.5) is 0 Å². The first kappa shape index (κ1) is 14.2. The highest BCUT2D eigenvalue weighted by Crippen LogP contribution is 2.10. The predicted octanol–water partition coefficient (Wildman–Crippen LogP) is 1.40. The maximum Gasteiger partial charge on any atom is 0.194 e. The Kier molecular flexibility index (Phi) is 5.08. The molecule has 15 heavy (non-hydrogen) atoms. The zero-order valence-electron chi connectivity index (χ0n) is 10.8. The Balaban J connectivity index is 4.44. The largest absolute Gasteiger partial charge is 0.370 e. The Morgan fingerprint density at radius 1 is 1.40 bits per heavy atom. The molecule has 0 aromatic carbocycles. The van der Waals surface area contributed by atoms with Crippen LogP contribution in [0.1, 0.15) is 41.0 Å². The number of rotatable bonds is 4. The lowest BCUT2D eigenvalue weighted by Crippen LogP contribution is -2.42. The van der Waals surface area contributed by atoms with E-state index < -0.39 is 5.72 Å². The predicted molar refractivity (Wildman–Crippen MR) is 64.6 cm³/mol. The first-order chi connectivity index (χ1) is 6.63. The molecule has 0 rings (SSSR count). The van der Waals surface area contributed by atoms with Crippen LogP contribution in [0.5, 0.6) is 0 Å². The summed E-state index contributed by atoms with van der Waals surface area (Å²) in [5.41, 5.74) is 4.69. The Morgan fingerprint density at radius 2 is 1.87 bits per heavy atom. The standard InChI is InChI=1S/C11H25N3O/c1-8(2)7-9(3)14(6)10(12)13-11(4,5)15/h8-9,15H,7H2,1-6H3,(H2,12,13). The van der Waals surface area contributed by atoms with Gasteiger partial charge in [0.05, 0.1) is 0 Å². The van der Waals surface area contributed by atoms with Crippen LogP contribution < -0.4 is 5.73 Å². The van der Waals surface area contributed by atoms with Crippen LogP contribution in [0.15, 0.2) is 4.99 Å². The van der Waals surface area contributed by atoms with Crippen molar-refractivity contribution >= 4 is 5.96 Å². The molecule has 0 saturated heterocycles. The second-order valence-corrected chi connectivity index (χ2v) is 5.05. The van der Waals surface area contributed by atoms with E-state index in [0.717, 1.165) is 6.42 Å². The van der Waals surface area contributed by atoms with Gasteiger partial charge in [0.25, 0.3) is 0 Å². The Morgan fingerprint density at radius 3 is 2.20 bits per heavy atom. The summed E-state index contributed by atoms with van der Waals surface area (Å²) in [6.45, 7) is 9.68. The van der Waals surface area contributed by atoms with E-state index in [4.69, 9.17) is 5.73 Å². The van der Waals surface area contributed by atoms with E-state index in [1.807, 2.05) is 11.9 Å². The lowest BCUT2D eigenvalue weighted by molar-refractivity contribution is 0.0887. The molecule has 0 spiro atoms. The maximum absolute atomic E-state index is 9.51. The van der Waals surface area contributed by atoms with Crippen LogP contribution >= 0.6 is 0 Å². The third-order valence-electron chi connectivity index (χ3n) is 2.22. The quantitative estimate of drug-likeness (QED) is 0.550. The van der Waals surface area contributed by atoms with Gasteiger partial charge in [0.15, 0.2) is 11.7 Å². The van der Waals surface area contributed by atoms with Crippen LogP contribution in [0.3, 0.4) is 0 Å². The minimum absolute atomic E-state index is 0.330. The van der Waals surface area contributed by atoms with Gasteiger partial charge in [-0.1, -0.05) is 13.8 Å². The van der Waals surface area contributed by atoms with E-state index in [2.05, 4.69) is 25.8 Å².